The summed E-state index contributed by atoms with van der Waals surface area (Å²) in [6.45, 7) is 1.70. The Morgan fingerprint density at radius 2 is 1.85 bits per heavy atom. The van der Waals surface area contributed by atoms with Crippen molar-refractivity contribution in [2.24, 2.45) is 5.92 Å². The first-order valence-electron chi connectivity index (χ1n) is 6.82. The zero-order valence-electron chi connectivity index (χ0n) is 11.5. The van der Waals surface area contributed by atoms with Crippen molar-refractivity contribution in [1.29, 1.82) is 0 Å². The van der Waals surface area contributed by atoms with E-state index in [1.54, 1.807) is 30.3 Å². The lowest BCUT2D eigenvalue weighted by molar-refractivity contribution is -0.183. The maximum absolute atomic E-state index is 13.0. The average molecular weight is 353 g/mol. The van der Waals surface area contributed by atoms with Gasteiger partial charge in [-0.3, -0.25) is 0 Å². The van der Waals surface area contributed by atoms with Crippen LogP contribution in [-0.4, -0.2) is 17.6 Å². The Kier molecular flexibility index (Phi) is 7.41. The smallest absolute Gasteiger partial charge is 0.395 e. The summed E-state index contributed by atoms with van der Waals surface area (Å²) in [4.78, 5) is -0.117. The number of halogens is 4. The Hall–Kier alpha value is -0.710. The molecule has 0 amide bonds. The number of para-hydroxylation sites is 1. The van der Waals surface area contributed by atoms with Crippen LogP contribution in [0.15, 0.2) is 30.3 Å². The highest BCUT2D eigenvalue weighted by molar-refractivity contribution is 9.09. The molecule has 0 spiro atoms. The summed E-state index contributed by atoms with van der Waals surface area (Å²) in [5.41, 5.74) is 0. The molecule has 0 aliphatic heterocycles. The minimum absolute atomic E-state index is 0.0519. The molecule has 1 nitrogen and oxygen atoms in total. The second-order valence-corrected chi connectivity index (χ2v) is 6.13. The first kappa shape index (κ1) is 17.3. The summed E-state index contributed by atoms with van der Waals surface area (Å²) < 4.78 is 44.3. The molecule has 2 unspecified atom stereocenters. The predicted molar refractivity (Wildman–Crippen MR) is 78.3 cm³/mol. The van der Waals surface area contributed by atoms with Crippen LogP contribution in [0.4, 0.5) is 13.2 Å². The van der Waals surface area contributed by atoms with Crippen molar-refractivity contribution in [2.75, 3.05) is 6.61 Å². The highest BCUT2D eigenvalue weighted by Crippen LogP contribution is 2.33. The summed E-state index contributed by atoms with van der Waals surface area (Å²) >= 11 is 3.34. The van der Waals surface area contributed by atoms with Gasteiger partial charge in [0.15, 0.2) is 0 Å². The van der Waals surface area contributed by atoms with Gasteiger partial charge in [-0.25, -0.2) is 0 Å². The van der Waals surface area contributed by atoms with Crippen LogP contribution in [0.1, 0.15) is 32.6 Å². The zero-order valence-corrected chi connectivity index (χ0v) is 13.1. The van der Waals surface area contributed by atoms with E-state index in [-0.39, 0.29) is 17.9 Å². The molecule has 0 N–H and O–H groups in total. The van der Waals surface area contributed by atoms with Gasteiger partial charge in [-0.1, -0.05) is 53.9 Å². The molecule has 0 heterocycles. The molecule has 0 bridgehead atoms. The fraction of sp³-hybridized carbons (Fsp3) is 0.600. The lowest BCUT2D eigenvalue weighted by Crippen LogP contribution is -2.31. The third-order valence-corrected chi connectivity index (χ3v) is 3.90. The van der Waals surface area contributed by atoms with Crippen LogP contribution in [0.25, 0.3) is 0 Å². The van der Waals surface area contributed by atoms with Crippen molar-refractivity contribution in [3.8, 4) is 5.75 Å². The van der Waals surface area contributed by atoms with Crippen molar-refractivity contribution in [3.63, 3.8) is 0 Å². The van der Waals surface area contributed by atoms with Gasteiger partial charge in [0.05, 0.1) is 12.5 Å². The van der Waals surface area contributed by atoms with E-state index in [1.165, 1.54) is 0 Å². The molecule has 0 aliphatic rings. The number of alkyl halides is 4. The Morgan fingerprint density at radius 1 is 1.20 bits per heavy atom. The topological polar surface area (TPSA) is 9.23 Å². The van der Waals surface area contributed by atoms with Crippen LogP contribution in [0.5, 0.6) is 5.75 Å². The second kappa shape index (κ2) is 8.55. The lowest BCUT2D eigenvalue weighted by Gasteiger charge is -2.23. The summed E-state index contributed by atoms with van der Waals surface area (Å²) in [5, 5.41) is 0. The van der Waals surface area contributed by atoms with Gasteiger partial charge in [-0.05, 0) is 25.0 Å². The fourth-order valence-electron chi connectivity index (χ4n) is 1.86. The molecule has 0 aliphatic carbocycles. The highest BCUT2D eigenvalue weighted by atomic mass is 79.9. The van der Waals surface area contributed by atoms with Crippen molar-refractivity contribution in [2.45, 2.75) is 43.6 Å². The minimum Gasteiger partial charge on any atom is -0.493 e. The summed E-state index contributed by atoms with van der Waals surface area (Å²) in [7, 11) is 0. The number of hydrogen-bond donors (Lipinski definition) is 0. The molecule has 0 radical (unpaired) electrons. The number of hydrogen-bond acceptors (Lipinski definition) is 1. The Morgan fingerprint density at radius 3 is 2.40 bits per heavy atom. The van der Waals surface area contributed by atoms with E-state index in [2.05, 4.69) is 15.9 Å². The van der Waals surface area contributed by atoms with E-state index >= 15 is 0 Å². The van der Waals surface area contributed by atoms with Gasteiger partial charge in [-0.2, -0.15) is 13.2 Å². The van der Waals surface area contributed by atoms with Crippen molar-refractivity contribution < 1.29 is 17.9 Å². The summed E-state index contributed by atoms with van der Waals surface area (Å²) in [5.74, 6) is -0.967. The Balaban J connectivity index is 2.52. The molecule has 0 saturated heterocycles. The number of unbranched alkanes of at least 4 members (excludes halogenated alkanes) is 1. The molecule has 114 valence electrons. The van der Waals surface area contributed by atoms with E-state index in [0.29, 0.717) is 5.75 Å². The van der Waals surface area contributed by atoms with Gasteiger partial charge in [0.2, 0.25) is 0 Å². The third-order valence-electron chi connectivity index (χ3n) is 3.07. The molecular weight excluding hydrogens is 333 g/mol. The maximum atomic E-state index is 13.0. The van der Waals surface area contributed by atoms with Crippen LogP contribution in [-0.2, 0) is 0 Å². The summed E-state index contributed by atoms with van der Waals surface area (Å²) in [6.07, 6.45) is -1.50. The molecule has 20 heavy (non-hydrogen) atoms. The monoisotopic (exact) mass is 352 g/mol. The van der Waals surface area contributed by atoms with Crippen molar-refractivity contribution in [3.05, 3.63) is 30.3 Å². The maximum Gasteiger partial charge on any atom is 0.395 e. The molecular formula is C15H20BrF3O. The van der Waals surface area contributed by atoms with Crippen LogP contribution in [0, 0.1) is 5.92 Å². The van der Waals surface area contributed by atoms with Crippen molar-refractivity contribution in [1.82, 2.24) is 0 Å². The molecule has 0 aromatic heterocycles. The number of ether oxygens (including phenoxy) is 1. The standard InChI is InChI=1S/C15H20BrF3O/c1-2-3-7-13(16)10-12(15(17,18)19)11-20-14-8-5-4-6-9-14/h4-6,8-9,12-13H,2-3,7,10-11H2,1H3. The first-order valence-corrected chi connectivity index (χ1v) is 7.73. The molecule has 1 aromatic rings. The van der Waals surface area contributed by atoms with Crippen LogP contribution >= 0.6 is 15.9 Å². The normalized spacial score (nSPS) is 14.8. The molecule has 0 saturated carbocycles. The number of rotatable bonds is 8. The third kappa shape index (κ3) is 6.64. The van der Waals surface area contributed by atoms with Crippen LogP contribution < -0.4 is 4.74 Å². The minimum atomic E-state index is -4.23. The van der Waals surface area contributed by atoms with Gasteiger partial charge in [0.25, 0.3) is 0 Å². The van der Waals surface area contributed by atoms with Gasteiger partial charge < -0.3 is 4.74 Å². The van der Waals surface area contributed by atoms with Crippen LogP contribution in [0.2, 0.25) is 0 Å². The van der Waals surface area contributed by atoms with E-state index in [1.807, 2.05) is 6.92 Å². The largest absolute Gasteiger partial charge is 0.493 e. The Bertz CT molecular complexity index is 367. The zero-order chi connectivity index (χ0) is 15.0. The van der Waals surface area contributed by atoms with Gasteiger partial charge >= 0.3 is 6.18 Å². The predicted octanol–water partition coefficient (Wildman–Crippen LogP) is 5.59. The molecule has 2 atom stereocenters. The van der Waals surface area contributed by atoms with Gasteiger partial charge in [-0.15, -0.1) is 0 Å². The molecule has 0 fully saturated rings. The van der Waals surface area contributed by atoms with E-state index in [4.69, 9.17) is 4.74 Å². The van der Waals surface area contributed by atoms with E-state index in [0.717, 1.165) is 19.3 Å². The SMILES string of the molecule is CCCCC(Br)CC(COc1ccccc1)C(F)(F)F. The van der Waals surface area contributed by atoms with Gasteiger partial charge in [0, 0.05) is 4.83 Å². The van der Waals surface area contributed by atoms with Gasteiger partial charge in [0.1, 0.15) is 5.75 Å². The van der Waals surface area contributed by atoms with E-state index in [9.17, 15) is 13.2 Å². The highest BCUT2D eigenvalue weighted by Gasteiger charge is 2.40. The average Bonchev–Trinajstić information content (AvgIpc) is 2.41. The van der Waals surface area contributed by atoms with E-state index < -0.39 is 12.1 Å². The number of benzene rings is 1. The molecule has 1 aromatic carbocycles. The van der Waals surface area contributed by atoms with Crippen LogP contribution in [0.3, 0.4) is 0 Å². The first-order chi connectivity index (χ1) is 9.43. The lowest BCUT2D eigenvalue weighted by atomic mass is 10.0. The summed E-state index contributed by atoms with van der Waals surface area (Å²) in [6, 6.07) is 8.61. The van der Waals surface area contributed by atoms with Crippen molar-refractivity contribution >= 4 is 15.9 Å². The quantitative estimate of drug-likeness (QED) is 0.554. The second-order valence-electron chi connectivity index (χ2n) is 4.84. The fourth-order valence-corrected chi connectivity index (χ4v) is 2.64. The Labute approximate surface area is 126 Å². The molecule has 1 rings (SSSR count). The molecule has 5 heteroatoms.